The SMILES string of the molecule is [S]c1ccc(S)cc1. The van der Waals surface area contributed by atoms with E-state index in [2.05, 4.69) is 12.6 Å². The van der Waals surface area contributed by atoms with Gasteiger partial charge >= 0.3 is 0 Å². The van der Waals surface area contributed by atoms with Crippen molar-refractivity contribution in [2.75, 3.05) is 0 Å². The second-order valence-corrected chi connectivity index (χ2v) is 2.48. The third kappa shape index (κ3) is 1.39. The molecule has 0 N–H and O–H groups in total. The molecule has 1 aromatic carbocycles. The Morgan fingerprint density at radius 1 is 1.12 bits per heavy atom. The molecule has 8 heavy (non-hydrogen) atoms. The van der Waals surface area contributed by atoms with Gasteiger partial charge in [-0.3, -0.25) is 0 Å². The molecule has 0 spiro atoms. The molecular weight excluding hydrogens is 136 g/mol. The van der Waals surface area contributed by atoms with Crippen molar-refractivity contribution < 1.29 is 0 Å². The van der Waals surface area contributed by atoms with Crippen molar-refractivity contribution in [1.82, 2.24) is 0 Å². The first-order chi connectivity index (χ1) is 3.79. The van der Waals surface area contributed by atoms with Gasteiger partial charge in [0.15, 0.2) is 0 Å². The topological polar surface area (TPSA) is 0 Å². The summed E-state index contributed by atoms with van der Waals surface area (Å²) in [5.41, 5.74) is 0. The zero-order chi connectivity index (χ0) is 5.98. The lowest BCUT2D eigenvalue weighted by atomic mass is 10.4. The Morgan fingerprint density at radius 2 is 1.62 bits per heavy atom. The van der Waals surface area contributed by atoms with Crippen LogP contribution in [0.1, 0.15) is 0 Å². The second kappa shape index (κ2) is 2.37. The van der Waals surface area contributed by atoms with Gasteiger partial charge in [-0.1, -0.05) is 12.6 Å². The lowest BCUT2D eigenvalue weighted by Crippen LogP contribution is -1.63. The van der Waals surface area contributed by atoms with Crippen LogP contribution in [-0.4, -0.2) is 0 Å². The van der Waals surface area contributed by atoms with E-state index >= 15 is 0 Å². The van der Waals surface area contributed by atoms with Gasteiger partial charge in [0.05, 0.1) is 0 Å². The number of hydrogen-bond donors (Lipinski definition) is 1. The van der Waals surface area contributed by atoms with Crippen molar-refractivity contribution in [1.29, 1.82) is 0 Å². The molecule has 0 aliphatic heterocycles. The third-order valence-corrected chi connectivity index (χ3v) is 1.41. The number of hydrogen-bond acceptors (Lipinski definition) is 1. The monoisotopic (exact) mass is 141 g/mol. The van der Waals surface area contributed by atoms with Gasteiger partial charge in [-0.25, -0.2) is 0 Å². The maximum absolute atomic E-state index is 4.84. The molecule has 0 saturated heterocycles. The molecule has 1 radical (unpaired) electrons. The van der Waals surface area contributed by atoms with Gasteiger partial charge < -0.3 is 0 Å². The van der Waals surface area contributed by atoms with E-state index in [4.69, 9.17) is 12.6 Å². The normalized spacial score (nSPS) is 9.12. The molecule has 0 saturated carbocycles. The highest BCUT2D eigenvalue weighted by Gasteiger charge is 1.82. The lowest BCUT2D eigenvalue weighted by Gasteiger charge is -1.87. The van der Waals surface area contributed by atoms with Crippen LogP contribution in [0.15, 0.2) is 34.1 Å². The first kappa shape index (κ1) is 5.92. The maximum atomic E-state index is 4.84. The minimum atomic E-state index is 0.864. The summed E-state index contributed by atoms with van der Waals surface area (Å²) in [5.74, 6) is 0. The summed E-state index contributed by atoms with van der Waals surface area (Å²) in [7, 11) is 0. The molecule has 0 nitrogen and oxygen atoms in total. The Balaban J connectivity index is 3.03. The number of benzene rings is 1. The summed E-state index contributed by atoms with van der Waals surface area (Å²) < 4.78 is 0. The van der Waals surface area contributed by atoms with Crippen LogP contribution in [0.3, 0.4) is 0 Å². The van der Waals surface area contributed by atoms with E-state index in [9.17, 15) is 0 Å². The fraction of sp³-hybridized carbons (Fsp3) is 0. The van der Waals surface area contributed by atoms with Gasteiger partial charge in [-0.2, -0.15) is 0 Å². The van der Waals surface area contributed by atoms with E-state index in [1.54, 1.807) is 0 Å². The fourth-order valence-electron chi connectivity index (χ4n) is 0.446. The van der Waals surface area contributed by atoms with Crippen LogP contribution < -0.4 is 0 Å². The molecule has 0 atom stereocenters. The summed E-state index contributed by atoms with van der Waals surface area (Å²) in [5, 5.41) is 0. The van der Waals surface area contributed by atoms with Crippen LogP contribution in [0.5, 0.6) is 0 Å². The van der Waals surface area contributed by atoms with Crippen molar-refractivity contribution in [2.45, 2.75) is 9.79 Å². The summed E-state index contributed by atoms with van der Waals surface area (Å²) in [6, 6.07) is 7.48. The van der Waals surface area contributed by atoms with Gasteiger partial charge in [0.1, 0.15) is 0 Å². The number of rotatable bonds is 0. The molecular formula is C6H5S2. The first-order valence-electron chi connectivity index (χ1n) is 2.25. The molecule has 0 amide bonds. The minimum absolute atomic E-state index is 0.864. The Hall–Kier alpha value is -0.210. The molecule has 0 heterocycles. The predicted octanol–water partition coefficient (Wildman–Crippen LogP) is 2.53. The summed E-state index contributed by atoms with van der Waals surface area (Å²) in [6.07, 6.45) is 0. The molecule has 41 valence electrons. The van der Waals surface area contributed by atoms with Gasteiger partial charge in [0, 0.05) is 9.79 Å². The molecule has 0 unspecified atom stereocenters. The van der Waals surface area contributed by atoms with Crippen LogP contribution in [0.4, 0.5) is 0 Å². The first-order valence-corrected chi connectivity index (χ1v) is 3.10. The van der Waals surface area contributed by atoms with Crippen molar-refractivity contribution in [3.8, 4) is 0 Å². The van der Waals surface area contributed by atoms with Crippen molar-refractivity contribution in [2.24, 2.45) is 0 Å². The van der Waals surface area contributed by atoms with Crippen LogP contribution in [0, 0.1) is 0 Å². The van der Waals surface area contributed by atoms with Gasteiger partial charge in [0.2, 0.25) is 0 Å². The minimum Gasteiger partial charge on any atom is -0.143 e. The molecule has 0 aliphatic carbocycles. The molecule has 0 fully saturated rings. The van der Waals surface area contributed by atoms with Gasteiger partial charge in [-0.05, 0) is 24.3 Å². The van der Waals surface area contributed by atoms with E-state index < -0.39 is 0 Å². The highest BCUT2D eigenvalue weighted by atomic mass is 32.1. The van der Waals surface area contributed by atoms with Gasteiger partial charge in [-0.15, -0.1) is 12.6 Å². The largest absolute Gasteiger partial charge is 0.143 e. The van der Waals surface area contributed by atoms with Gasteiger partial charge in [0.25, 0.3) is 0 Å². The Morgan fingerprint density at radius 3 is 2.00 bits per heavy atom. The molecule has 2 heteroatoms. The summed E-state index contributed by atoms with van der Waals surface area (Å²) in [6.45, 7) is 0. The number of thiol groups is 1. The smallest absolute Gasteiger partial charge is 0.0377 e. The predicted molar refractivity (Wildman–Crippen MR) is 39.6 cm³/mol. The molecule has 0 aromatic heterocycles. The molecule has 1 rings (SSSR count). The highest BCUT2D eigenvalue weighted by molar-refractivity contribution is 7.80. The van der Waals surface area contributed by atoms with E-state index in [1.165, 1.54) is 0 Å². The second-order valence-electron chi connectivity index (χ2n) is 1.49. The zero-order valence-electron chi connectivity index (χ0n) is 4.16. The van der Waals surface area contributed by atoms with Crippen LogP contribution >= 0.6 is 25.3 Å². The molecule has 1 aromatic rings. The molecule has 0 bridgehead atoms. The zero-order valence-corrected chi connectivity index (χ0v) is 5.88. The van der Waals surface area contributed by atoms with Crippen LogP contribution in [0.2, 0.25) is 0 Å². The third-order valence-electron chi connectivity index (χ3n) is 0.837. The van der Waals surface area contributed by atoms with Crippen molar-refractivity contribution in [3.63, 3.8) is 0 Å². The van der Waals surface area contributed by atoms with Crippen LogP contribution in [0.25, 0.3) is 0 Å². The fourth-order valence-corrected chi connectivity index (χ4v) is 0.731. The Bertz CT molecular complexity index is 145. The molecule has 0 aliphatic rings. The average Bonchev–Trinajstić information content (AvgIpc) is 1.77. The average molecular weight is 141 g/mol. The maximum Gasteiger partial charge on any atom is 0.0377 e. The highest BCUT2D eigenvalue weighted by Crippen LogP contribution is 2.09. The van der Waals surface area contributed by atoms with Crippen molar-refractivity contribution >= 4 is 25.3 Å². The van der Waals surface area contributed by atoms with Crippen molar-refractivity contribution in [3.05, 3.63) is 24.3 Å². The lowest BCUT2D eigenvalue weighted by molar-refractivity contribution is 1.37. The van der Waals surface area contributed by atoms with E-state index in [0.29, 0.717) is 0 Å². The van der Waals surface area contributed by atoms with E-state index in [-0.39, 0.29) is 0 Å². The Kier molecular flexibility index (Phi) is 1.76. The van der Waals surface area contributed by atoms with E-state index in [0.717, 1.165) is 9.79 Å². The standard InChI is InChI=1S/C6H5S2/c7-5-1-2-6(8)4-3-5/h1-4,7H. The summed E-state index contributed by atoms with van der Waals surface area (Å²) >= 11 is 8.92. The quantitative estimate of drug-likeness (QED) is 0.527. The Labute approximate surface area is 59.7 Å². The summed E-state index contributed by atoms with van der Waals surface area (Å²) in [4.78, 5) is 1.82. The van der Waals surface area contributed by atoms with E-state index in [1.807, 2.05) is 24.3 Å². The van der Waals surface area contributed by atoms with Crippen LogP contribution in [-0.2, 0) is 0 Å².